The topological polar surface area (TPSA) is 76.0 Å². The Bertz CT molecular complexity index is 635. The van der Waals surface area contributed by atoms with Crippen molar-refractivity contribution in [1.29, 1.82) is 0 Å². The largest absolute Gasteiger partial charge is 0.497 e. The number of piperidine rings is 1. The molecule has 1 fully saturated rings. The number of isocyanates is 1. The molecule has 0 bridgehead atoms. The van der Waals surface area contributed by atoms with Crippen molar-refractivity contribution in [2.24, 2.45) is 10.9 Å². The van der Waals surface area contributed by atoms with Gasteiger partial charge in [0.2, 0.25) is 16.1 Å². The predicted octanol–water partition coefficient (Wildman–Crippen LogP) is 1.78. The number of sulfonamides is 1. The average molecular weight is 310 g/mol. The Labute approximate surface area is 124 Å². The van der Waals surface area contributed by atoms with E-state index in [1.165, 1.54) is 29.6 Å². The van der Waals surface area contributed by atoms with Gasteiger partial charge in [0, 0.05) is 6.54 Å². The van der Waals surface area contributed by atoms with Crippen LogP contribution in [0.15, 0.2) is 34.2 Å². The smallest absolute Gasteiger partial charge is 0.244 e. The first kappa shape index (κ1) is 15.7. The second kappa shape index (κ2) is 6.39. The third kappa shape index (κ3) is 3.15. The van der Waals surface area contributed by atoms with Crippen molar-refractivity contribution in [2.75, 3.05) is 13.7 Å². The van der Waals surface area contributed by atoms with Crippen molar-refractivity contribution in [3.05, 3.63) is 24.3 Å². The molecule has 2 unspecified atom stereocenters. The molecule has 0 N–H and O–H groups in total. The lowest BCUT2D eigenvalue weighted by molar-refractivity contribution is 0.194. The van der Waals surface area contributed by atoms with E-state index in [4.69, 9.17) is 4.74 Å². The number of hydrogen-bond donors (Lipinski definition) is 0. The van der Waals surface area contributed by atoms with Crippen LogP contribution < -0.4 is 4.74 Å². The fraction of sp³-hybridized carbons (Fsp3) is 0.500. The summed E-state index contributed by atoms with van der Waals surface area (Å²) in [6.45, 7) is 2.25. The molecule has 0 spiro atoms. The number of carbonyl (C=O) groups excluding carboxylic acids is 1. The van der Waals surface area contributed by atoms with Crippen molar-refractivity contribution in [3.8, 4) is 5.75 Å². The number of nitrogens with zero attached hydrogens (tertiary/aromatic N) is 2. The van der Waals surface area contributed by atoms with Gasteiger partial charge in [-0.25, -0.2) is 13.2 Å². The Morgan fingerprint density at radius 3 is 2.57 bits per heavy atom. The summed E-state index contributed by atoms with van der Waals surface area (Å²) in [5, 5.41) is 0. The van der Waals surface area contributed by atoms with Crippen LogP contribution in [0.3, 0.4) is 0 Å². The van der Waals surface area contributed by atoms with Crippen LogP contribution in [-0.2, 0) is 14.8 Å². The van der Waals surface area contributed by atoms with E-state index in [2.05, 4.69) is 4.99 Å². The van der Waals surface area contributed by atoms with Gasteiger partial charge in [0.15, 0.2) is 0 Å². The third-order valence-corrected chi connectivity index (χ3v) is 5.58. The van der Waals surface area contributed by atoms with Gasteiger partial charge in [-0.1, -0.05) is 6.92 Å². The number of hydrogen-bond acceptors (Lipinski definition) is 5. The number of aliphatic imine (C=N–C) groups is 1. The molecular weight excluding hydrogens is 292 g/mol. The molecule has 1 aromatic carbocycles. The Hall–Kier alpha value is -1.69. The molecule has 0 amide bonds. The highest BCUT2D eigenvalue weighted by molar-refractivity contribution is 7.89. The Morgan fingerprint density at radius 1 is 1.33 bits per heavy atom. The Balaban J connectivity index is 2.37. The van der Waals surface area contributed by atoms with E-state index >= 15 is 0 Å². The normalized spacial score (nSPS) is 23.3. The maximum absolute atomic E-state index is 12.7. The summed E-state index contributed by atoms with van der Waals surface area (Å²) in [5.41, 5.74) is 0. The highest BCUT2D eigenvalue weighted by atomic mass is 32.2. The zero-order valence-electron chi connectivity index (χ0n) is 12.0. The fourth-order valence-corrected chi connectivity index (χ4v) is 4.18. The summed E-state index contributed by atoms with van der Waals surface area (Å²) in [6, 6.07) is 6.18. The number of rotatable bonds is 4. The maximum atomic E-state index is 12.7. The van der Waals surface area contributed by atoms with Crippen molar-refractivity contribution in [1.82, 2.24) is 4.31 Å². The van der Waals surface area contributed by atoms with Gasteiger partial charge >= 0.3 is 0 Å². The van der Waals surface area contributed by atoms with Crippen LogP contribution >= 0.6 is 0 Å². The first-order valence-corrected chi connectivity index (χ1v) is 8.17. The van der Waals surface area contributed by atoms with Crippen LogP contribution in [0.25, 0.3) is 0 Å². The zero-order valence-corrected chi connectivity index (χ0v) is 12.8. The van der Waals surface area contributed by atoms with E-state index in [1.807, 2.05) is 6.92 Å². The van der Waals surface area contributed by atoms with Gasteiger partial charge in [-0.15, -0.1) is 0 Å². The van der Waals surface area contributed by atoms with Crippen LogP contribution in [0.2, 0.25) is 0 Å². The molecule has 6 nitrogen and oxygen atoms in total. The lowest BCUT2D eigenvalue weighted by Gasteiger charge is -2.35. The highest BCUT2D eigenvalue weighted by Crippen LogP contribution is 2.30. The van der Waals surface area contributed by atoms with Crippen LogP contribution in [0.5, 0.6) is 5.75 Å². The molecule has 1 saturated heterocycles. The monoisotopic (exact) mass is 310 g/mol. The minimum atomic E-state index is -3.69. The second-order valence-corrected chi connectivity index (χ2v) is 6.94. The standard InChI is InChI=1S/C14H18N2O4S/c1-11-4-3-9-16(14(11)15-10-17)21(18,19)13-7-5-12(20-2)6-8-13/h5-8,11,14H,3-4,9H2,1-2H3. The number of methoxy groups -OCH3 is 1. The summed E-state index contributed by atoms with van der Waals surface area (Å²) in [6.07, 6.45) is 2.40. The molecule has 2 atom stereocenters. The highest BCUT2D eigenvalue weighted by Gasteiger charge is 2.37. The first-order valence-electron chi connectivity index (χ1n) is 6.73. The van der Waals surface area contributed by atoms with Gasteiger partial charge in [0.1, 0.15) is 11.9 Å². The van der Waals surface area contributed by atoms with Crippen LogP contribution in [0, 0.1) is 5.92 Å². The van der Waals surface area contributed by atoms with Crippen molar-refractivity contribution in [3.63, 3.8) is 0 Å². The maximum Gasteiger partial charge on any atom is 0.244 e. The number of ether oxygens (including phenoxy) is 1. The van der Waals surface area contributed by atoms with Gasteiger partial charge in [-0.3, -0.25) is 0 Å². The predicted molar refractivity (Wildman–Crippen MR) is 77.2 cm³/mol. The summed E-state index contributed by atoms with van der Waals surface area (Å²) >= 11 is 0. The molecule has 2 rings (SSSR count). The second-order valence-electron chi connectivity index (χ2n) is 5.04. The molecule has 21 heavy (non-hydrogen) atoms. The van der Waals surface area contributed by atoms with Gasteiger partial charge < -0.3 is 4.74 Å². The Morgan fingerprint density at radius 2 is 2.00 bits per heavy atom. The van der Waals surface area contributed by atoms with Crippen LogP contribution in [-0.4, -0.2) is 38.6 Å². The molecule has 7 heteroatoms. The molecule has 1 heterocycles. The van der Waals surface area contributed by atoms with Crippen LogP contribution in [0.1, 0.15) is 19.8 Å². The lowest BCUT2D eigenvalue weighted by atomic mass is 9.98. The summed E-state index contributed by atoms with van der Waals surface area (Å²) in [4.78, 5) is 14.4. The van der Waals surface area contributed by atoms with E-state index in [0.29, 0.717) is 12.3 Å². The SMILES string of the molecule is COc1ccc(S(=O)(=O)N2CCCC(C)C2N=C=O)cc1. The van der Waals surface area contributed by atoms with Crippen molar-refractivity contribution in [2.45, 2.75) is 30.8 Å². The molecular formula is C14H18N2O4S. The summed E-state index contributed by atoms with van der Waals surface area (Å²) < 4.78 is 31.7. The van der Waals surface area contributed by atoms with E-state index in [0.717, 1.165) is 12.8 Å². The first-order chi connectivity index (χ1) is 10.0. The van der Waals surface area contributed by atoms with Gasteiger partial charge in [-0.05, 0) is 43.0 Å². The molecule has 0 saturated carbocycles. The summed E-state index contributed by atoms with van der Waals surface area (Å²) in [5.74, 6) is 0.580. The summed E-state index contributed by atoms with van der Waals surface area (Å²) in [7, 11) is -2.17. The molecule has 1 aliphatic heterocycles. The number of benzene rings is 1. The van der Waals surface area contributed by atoms with E-state index in [9.17, 15) is 13.2 Å². The van der Waals surface area contributed by atoms with E-state index < -0.39 is 16.2 Å². The molecule has 0 aromatic heterocycles. The molecule has 0 radical (unpaired) electrons. The van der Waals surface area contributed by atoms with Gasteiger partial charge in [-0.2, -0.15) is 9.30 Å². The zero-order chi connectivity index (χ0) is 15.5. The van der Waals surface area contributed by atoms with Crippen LogP contribution in [0.4, 0.5) is 0 Å². The minimum absolute atomic E-state index is 0.00627. The molecule has 1 aliphatic rings. The van der Waals surface area contributed by atoms with Crippen molar-refractivity contribution < 1.29 is 17.9 Å². The minimum Gasteiger partial charge on any atom is -0.497 e. The Kier molecular flexibility index (Phi) is 4.77. The van der Waals surface area contributed by atoms with Crippen molar-refractivity contribution >= 4 is 16.1 Å². The van der Waals surface area contributed by atoms with E-state index in [-0.39, 0.29) is 10.8 Å². The molecule has 1 aromatic rings. The van der Waals surface area contributed by atoms with E-state index in [1.54, 1.807) is 12.1 Å². The third-order valence-electron chi connectivity index (χ3n) is 3.69. The lowest BCUT2D eigenvalue weighted by Crippen LogP contribution is -2.46. The average Bonchev–Trinajstić information content (AvgIpc) is 2.49. The van der Waals surface area contributed by atoms with Gasteiger partial charge in [0.05, 0.1) is 12.0 Å². The molecule has 114 valence electrons. The quantitative estimate of drug-likeness (QED) is 0.627. The molecule has 0 aliphatic carbocycles. The van der Waals surface area contributed by atoms with Gasteiger partial charge in [0.25, 0.3) is 0 Å². The fourth-order valence-electron chi connectivity index (χ4n) is 2.53.